The van der Waals surface area contributed by atoms with Gasteiger partial charge >= 0.3 is 0 Å². The van der Waals surface area contributed by atoms with Crippen molar-refractivity contribution in [1.82, 2.24) is 9.80 Å². The quantitative estimate of drug-likeness (QED) is 0.851. The fraction of sp³-hybridized carbons (Fsp3) is 0.611. The maximum atomic E-state index is 12.6. The molecule has 1 amide bonds. The SMILES string of the molecule is COC[C@H]1CC2(CCN(C(=O)c3cccc(Cl)c3)CC2)CN1C. The van der Waals surface area contributed by atoms with Gasteiger partial charge in [-0.3, -0.25) is 4.79 Å². The molecule has 1 atom stereocenters. The second kappa shape index (κ2) is 6.80. The summed E-state index contributed by atoms with van der Waals surface area (Å²) in [6.07, 6.45) is 3.32. The molecular formula is C18H25ClN2O2. The van der Waals surface area contributed by atoms with Crippen LogP contribution in [0, 0.1) is 5.41 Å². The van der Waals surface area contributed by atoms with Gasteiger partial charge in [0.2, 0.25) is 0 Å². The van der Waals surface area contributed by atoms with Gasteiger partial charge in [-0.2, -0.15) is 0 Å². The molecule has 0 unspecified atom stereocenters. The minimum Gasteiger partial charge on any atom is -0.383 e. The van der Waals surface area contributed by atoms with Crippen LogP contribution in [0.4, 0.5) is 0 Å². The van der Waals surface area contributed by atoms with E-state index in [9.17, 15) is 4.79 Å². The van der Waals surface area contributed by atoms with Crippen molar-refractivity contribution in [3.8, 4) is 0 Å². The van der Waals surface area contributed by atoms with Gasteiger partial charge in [0.1, 0.15) is 0 Å². The average molecular weight is 337 g/mol. The molecule has 23 heavy (non-hydrogen) atoms. The van der Waals surface area contributed by atoms with E-state index < -0.39 is 0 Å². The summed E-state index contributed by atoms with van der Waals surface area (Å²) in [6, 6.07) is 7.74. The second-order valence-electron chi connectivity index (χ2n) is 7.03. The van der Waals surface area contributed by atoms with E-state index in [2.05, 4.69) is 11.9 Å². The van der Waals surface area contributed by atoms with Crippen LogP contribution in [-0.2, 0) is 4.74 Å². The van der Waals surface area contributed by atoms with E-state index >= 15 is 0 Å². The third kappa shape index (κ3) is 3.54. The van der Waals surface area contributed by atoms with Crippen molar-refractivity contribution in [2.45, 2.75) is 25.3 Å². The molecule has 1 aromatic rings. The van der Waals surface area contributed by atoms with Crippen molar-refractivity contribution >= 4 is 17.5 Å². The van der Waals surface area contributed by atoms with Gasteiger partial charge in [0, 0.05) is 43.4 Å². The number of halogens is 1. The fourth-order valence-corrected chi connectivity index (χ4v) is 4.30. The Bertz CT molecular complexity index is 570. The zero-order valence-corrected chi connectivity index (χ0v) is 14.7. The molecular weight excluding hydrogens is 312 g/mol. The minimum atomic E-state index is 0.0992. The summed E-state index contributed by atoms with van der Waals surface area (Å²) >= 11 is 6.00. The Morgan fingerprint density at radius 3 is 2.78 bits per heavy atom. The molecule has 0 saturated carbocycles. The standard InChI is InChI=1S/C18H25ClN2O2/c1-20-13-18(11-16(20)12-23-2)6-8-21(9-7-18)17(22)14-4-3-5-15(19)10-14/h3-5,10,16H,6-9,11-13H2,1-2H3/t16-/m1/s1. The van der Waals surface area contributed by atoms with Crippen LogP contribution in [0.5, 0.6) is 0 Å². The number of rotatable bonds is 3. The van der Waals surface area contributed by atoms with E-state index in [1.165, 1.54) is 6.42 Å². The monoisotopic (exact) mass is 336 g/mol. The lowest BCUT2D eigenvalue weighted by atomic mass is 9.76. The molecule has 1 spiro atoms. The number of likely N-dealkylation sites (tertiary alicyclic amines) is 2. The van der Waals surface area contributed by atoms with E-state index in [1.54, 1.807) is 19.2 Å². The first-order valence-corrected chi connectivity index (χ1v) is 8.65. The number of nitrogens with zero attached hydrogens (tertiary/aromatic N) is 2. The van der Waals surface area contributed by atoms with Crippen LogP contribution in [0.2, 0.25) is 5.02 Å². The number of hydrogen-bond acceptors (Lipinski definition) is 3. The van der Waals surface area contributed by atoms with E-state index in [1.807, 2.05) is 17.0 Å². The van der Waals surface area contributed by atoms with Crippen LogP contribution >= 0.6 is 11.6 Å². The number of hydrogen-bond donors (Lipinski definition) is 0. The zero-order valence-electron chi connectivity index (χ0n) is 13.9. The number of benzene rings is 1. The number of carbonyl (C=O) groups excluding carboxylic acids is 1. The summed E-state index contributed by atoms with van der Waals surface area (Å²) in [5.74, 6) is 0.0992. The fourth-order valence-electron chi connectivity index (χ4n) is 4.11. The van der Waals surface area contributed by atoms with Gasteiger partial charge in [-0.25, -0.2) is 0 Å². The molecule has 0 bridgehead atoms. The van der Waals surface area contributed by atoms with Crippen molar-refractivity contribution in [3.05, 3.63) is 34.9 Å². The molecule has 0 N–H and O–H groups in total. The van der Waals surface area contributed by atoms with Crippen molar-refractivity contribution in [2.75, 3.05) is 40.4 Å². The summed E-state index contributed by atoms with van der Waals surface area (Å²) < 4.78 is 5.34. The lowest BCUT2D eigenvalue weighted by molar-refractivity contribution is 0.0592. The summed E-state index contributed by atoms with van der Waals surface area (Å²) in [5, 5.41) is 0.615. The first-order chi connectivity index (χ1) is 11.0. The van der Waals surface area contributed by atoms with E-state index in [-0.39, 0.29) is 5.91 Å². The maximum Gasteiger partial charge on any atom is 0.253 e. The molecule has 1 aromatic carbocycles. The van der Waals surface area contributed by atoms with E-state index in [0.717, 1.165) is 39.1 Å². The Labute approximate surface area is 143 Å². The zero-order chi connectivity index (χ0) is 16.4. The van der Waals surface area contributed by atoms with Crippen LogP contribution in [0.15, 0.2) is 24.3 Å². The highest BCUT2D eigenvalue weighted by Gasteiger charge is 2.44. The Morgan fingerprint density at radius 1 is 1.39 bits per heavy atom. The van der Waals surface area contributed by atoms with Crippen LogP contribution in [0.1, 0.15) is 29.6 Å². The normalized spacial score (nSPS) is 24.3. The molecule has 126 valence electrons. The lowest BCUT2D eigenvalue weighted by Gasteiger charge is -2.39. The molecule has 2 aliphatic rings. The molecule has 0 radical (unpaired) electrons. The van der Waals surface area contributed by atoms with Gasteiger partial charge in [-0.05, 0) is 49.9 Å². The average Bonchev–Trinajstić information content (AvgIpc) is 2.83. The molecule has 2 heterocycles. The second-order valence-corrected chi connectivity index (χ2v) is 7.47. The molecule has 5 heteroatoms. The first kappa shape index (κ1) is 16.7. The summed E-state index contributed by atoms with van der Waals surface area (Å²) in [5.41, 5.74) is 1.04. The van der Waals surface area contributed by atoms with Gasteiger partial charge < -0.3 is 14.5 Å². The molecule has 3 rings (SSSR count). The van der Waals surface area contributed by atoms with Gasteiger partial charge in [-0.1, -0.05) is 17.7 Å². The predicted molar refractivity (Wildman–Crippen MR) is 91.9 cm³/mol. The number of methoxy groups -OCH3 is 1. The summed E-state index contributed by atoms with van der Waals surface area (Å²) in [7, 11) is 3.95. The van der Waals surface area contributed by atoms with E-state index in [4.69, 9.17) is 16.3 Å². The van der Waals surface area contributed by atoms with Crippen molar-refractivity contribution < 1.29 is 9.53 Å². The van der Waals surface area contributed by atoms with Gasteiger partial charge in [-0.15, -0.1) is 0 Å². The molecule has 0 aromatic heterocycles. The summed E-state index contributed by atoms with van der Waals surface area (Å²) in [4.78, 5) is 17.0. The predicted octanol–water partition coefficient (Wildman–Crippen LogP) is 2.91. The van der Waals surface area contributed by atoms with Crippen LogP contribution in [0.25, 0.3) is 0 Å². The highest BCUT2D eigenvalue weighted by Crippen LogP contribution is 2.43. The van der Waals surface area contributed by atoms with E-state index in [0.29, 0.717) is 22.0 Å². The van der Waals surface area contributed by atoms with Gasteiger partial charge in [0.05, 0.1) is 6.61 Å². The number of amides is 1. The lowest BCUT2D eigenvalue weighted by Crippen LogP contribution is -2.44. The largest absolute Gasteiger partial charge is 0.383 e. The van der Waals surface area contributed by atoms with Crippen molar-refractivity contribution in [3.63, 3.8) is 0 Å². The molecule has 2 fully saturated rings. The molecule has 2 saturated heterocycles. The third-order valence-corrected chi connectivity index (χ3v) is 5.65. The third-order valence-electron chi connectivity index (χ3n) is 5.42. The molecule has 4 nitrogen and oxygen atoms in total. The van der Waals surface area contributed by atoms with Crippen LogP contribution < -0.4 is 0 Å². The van der Waals surface area contributed by atoms with Crippen molar-refractivity contribution in [1.29, 1.82) is 0 Å². The van der Waals surface area contributed by atoms with Crippen LogP contribution in [-0.4, -0.2) is 62.1 Å². The minimum absolute atomic E-state index is 0.0992. The number of carbonyl (C=O) groups is 1. The Balaban J connectivity index is 1.61. The maximum absolute atomic E-state index is 12.6. The Kier molecular flexibility index (Phi) is 4.95. The van der Waals surface area contributed by atoms with Crippen LogP contribution in [0.3, 0.4) is 0 Å². The van der Waals surface area contributed by atoms with Crippen molar-refractivity contribution in [2.24, 2.45) is 5.41 Å². The van der Waals surface area contributed by atoms with Gasteiger partial charge in [0.15, 0.2) is 0 Å². The topological polar surface area (TPSA) is 32.8 Å². The molecule has 2 aliphatic heterocycles. The van der Waals surface area contributed by atoms with Gasteiger partial charge in [0.25, 0.3) is 5.91 Å². The Morgan fingerprint density at radius 2 is 2.13 bits per heavy atom. The number of ether oxygens (including phenoxy) is 1. The molecule has 0 aliphatic carbocycles. The number of piperidine rings is 1. The highest BCUT2D eigenvalue weighted by molar-refractivity contribution is 6.30. The number of likely N-dealkylation sites (N-methyl/N-ethyl adjacent to an activating group) is 1. The smallest absolute Gasteiger partial charge is 0.253 e. The Hall–Kier alpha value is -1.10. The highest BCUT2D eigenvalue weighted by atomic mass is 35.5. The summed E-state index contributed by atoms with van der Waals surface area (Å²) in [6.45, 7) is 3.57. The first-order valence-electron chi connectivity index (χ1n) is 8.27.